The summed E-state index contributed by atoms with van der Waals surface area (Å²) in [6.45, 7) is 3.87. The predicted octanol–water partition coefficient (Wildman–Crippen LogP) is 2.56. The molecule has 2 rings (SSSR count). The normalized spacial score (nSPS) is 17.8. The Morgan fingerprint density at radius 3 is 2.63 bits per heavy atom. The van der Waals surface area contributed by atoms with E-state index in [-0.39, 0.29) is 17.9 Å². The molecule has 2 atom stereocenters. The topological polar surface area (TPSA) is 57.6 Å². The summed E-state index contributed by atoms with van der Waals surface area (Å²) in [6.07, 6.45) is 1.99. The minimum Gasteiger partial charge on any atom is -0.481 e. The molecule has 0 spiro atoms. The lowest BCUT2D eigenvalue weighted by Gasteiger charge is -2.27. The quantitative estimate of drug-likeness (QED) is 0.872. The van der Waals surface area contributed by atoms with Crippen molar-refractivity contribution in [2.75, 3.05) is 6.54 Å². The lowest BCUT2D eigenvalue weighted by atomic mass is 10.1. The van der Waals surface area contributed by atoms with E-state index in [0.717, 1.165) is 17.7 Å². The van der Waals surface area contributed by atoms with Crippen molar-refractivity contribution in [1.29, 1.82) is 0 Å². The first kappa shape index (κ1) is 14.1. The molecule has 1 aliphatic carbocycles. The first-order valence-electron chi connectivity index (χ1n) is 6.57. The molecule has 4 nitrogen and oxygen atoms in total. The molecule has 1 N–H and O–H groups in total. The van der Waals surface area contributed by atoms with Gasteiger partial charge in [-0.3, -0.25) is 9.59 Å². The van der Waals surface area contributed by atoms with Crippen LogP contribution in [-0.4, -0.2) is 34.5 Å². The number of carbonyl (C=O) groups is 2. The van der Waals surface area contributed by atoms with E-state index in [1.165, 1.54) is 0 Å². The number of nitrogens with zero attached hydrogens (tertiary/aromatic N) is 1. The minimum atomic E-state index is -0.845. The monoisotopic (exact) mass is 281 g/mol. The molecule has 0 radical (unpaired) electrons. The Bertz CT molecular complexity index is 453. The Labute approximate surface area is 117 Å². The van der Waals surface area contributed by atoms with Crippen molar-refractivity contribution in [3.63, 3.8) is 0 Å². The largest absolute Gasteiger partial charge is 0.481 e. The van der Waals surface area contributed by atoms with Gasteiger partial charge in [-0.05, 0) is 31.2 Å². The Morgan fingerprint density at radius 2 is 2.16 bits per heavy atom. The van der Waals surface area contributed by atoms with Crippen LogP contribution in [0.5, 0.6) is 0 Å². The van der Waals surface area contributed by atoms with Crippen LogP contribution >= 0.6 is 11.3 Å². The highest BCUT2D eigenvalue weighted by Crippen LogP contribution is 2.32. The number of rotatable bonds is 6. The van der Waals surface area contributed by atoms with Crippen molar-refractivity contribution >= 4 is 23.2 Å². The molecule has 1 heterocycles. The lowest BCUT2D eigenvalue weighted by molar-refractivity contribution is -0.143. The number of thiophene rings is 1. The zero-order valence-corrected chi connectivity index (χ0v) is 12.0. The Kier molecular flexibility index (Phi) is 4.24. The average molecular weight is 281 g/mol. The molecule has 0 unspecified atom stereocenters. The second-order valence-corrected chi connectivity index (χ2v) is 6.18. The zero-order valence-electron chi connectivity index (χ0n) is 11.2. The Hall–Kier alpha value is -1.36. The van der Waals surface area contributed by atoms with Crippen molar-refractivity contribution < 1.29 is 14.7 Å². The number of amides is 1. The van der Waals surface area contributed by atoms with Crippen molar-refractivity contribution in [1.82, 2.24) is 4.90 Å². The number of carboxylic acid groups (broad SMARTS) is 1. The summed E-state index contributed by atoms with van der Waals surface area (Å²) in [5.41, 5.74) is 0. The van der Waals surface area contributed by atoms with E-state index in [1.807, 2.05) is 24.4 Å². The molecule has 0 aromatic carbocycles. The third kappa shape index (κ3) is 3.35. The van der Waals surface area contributed by atoms with Crippen LogP contribution in [-0.2, 0) is 9.59 Å². The third-order valence-corrected chi connectivity index (χ3v) is 4.56. The van der Waals surface area contributed by atoms with Gasteiger partial charge >= 0.3 is 5.97 Å². The van der Waals surface area contributed by atoms with Crippen molar-refractivity contribution in [3.05, 3.63) is 22.4 Å². The number of carbonyl (C=O) groups excluding carboxylic acids is 1. The molecule has 1 amide bonds. The molecule has 1 aromatic rings. The fourth-order valence-corrected chi connectivity index (χ4v) is 2.86. The summed E-state index contributed by atoms with van der Waals surface area (Å²) in [5.74, 6) is -1.48. The first-order chi connectivity index (χ1) is 9.00. The maximum atomic E-state index is 12.5. The van der Waals surface area contributed by atoms with Crippen LogP contribution in [0.1, 0.15) is 37.5 Å². The van der Waals surface area contributed by atoms with E-state index in [2.05, 4.69) is 0 Å². The molecule has 5 heteroatoms. The van der Waals surface area contributed by atoms with Gasteiger partial charge in [-0.1, -0.05) is 13.0 Å². The summed E-state index contributed by atoms with van der Waals surface area (Å²) in [6, 6.07) is 4.14. The summed E-state index contributed by atoms with van der Waals surface area (Å²) >= 11 is 1.57. The van der Waals surface area contributed by atoms with E-state index in [0.29, 0.717) is 6.54 Å². The van der Waals surface area contributed by atoms with E-state index < -0.39 is 11.9 Å². The van der Waals surface area contributed by atoms with E-state index in [4.69, 9.17) is 5.11 Å². The Balaban J connectivity index is 2.06. The van der Waals surface area contributed by atoms with Crippen LogP contribution in [0, 0.1) is 5.92 Å². The van der Waals surface area contributed by atoms with Crippen molar-refractivity contribution in [3.8, 4) is 0 Å². The second-order valence-electron chi connectivity index (χ2n) is 5.20. The van der Waals surface area contributed by atoms with Crippen LogP contribution in [0.4, 0.5) is 0 Å². The molecular weight excluding hydrogens is 262 g/mol. The van der Waals surface area contributed by atoms with Crippen LogP contribution in [0.25, 0.3) is 0 Å². The van der Waals surface area contributed by atoms with E-state index in [9.17, 15) is 9.59 Å². The number of hydrogen-bond donors (Lipinski definition) is 1. The van der Waals surface area contributed by atoms with Gasteiger partial charge in [0.05, 0.1) is 11.8 Å². The summed E-state index contributed by atoms with van der Waals surface area (Å²) in [7, 11) is 0. The number of aliphatic carboxylic acids is 1. The second kappa shape index (κ2) is 5.74. The fraction of sp³-hybridized carbons (Fsp3) is 0.571. The van der Waals surface area contributed by atoms with Crippen LogP contribution in [0.2, 0.25) is 0 Å². The number of carboxylic acids is 1. The van der Waals surface area contributed by atoms with Crippen molar-refractivity contribution in [2.45, 2.75) is 38.6 Å². The zero-order chi connectivity index (χ0) is 14.0. The molecule has 1 aliphatic rings. The molecule has 104 valence electrons. The van der Waals surface area contributed by atoms with Gasteiger partial charge in [0.2, 0.25) is 5.91 Å². The molecule has 0 aliphatic heterocycles. The summed E-state index contributed by atoms with van der Waals surface area (Å²) in [4.78, 5) is 26.3. The van der Waals surface area contributed by atoms with Crippen LogP contribution in [0.3, 0.4) is 0 Å². The Morgan fingerprint density at radius 1 is 1.47 bits per heavy atom. The van der Waals surface area contributed by atoms with Crippen LogP contribution in [0.15, 0.2) is 17.5 Å². The van der Waals surface area contributed by atoms with Gasteiger partial charge in [0, 0.05) is 17.5 Å². The molecular formula is C14H19NO3S. The highest BCUT2D eigenvalue weighted by Gasteiger charge is 2.36. The molecule has 0 saturated heterocycles. The number of hydrogen-bond acceptors (Lipinski definition) is 3. The first-order valence-corrected chi connectivity index (χ1v) is 7.45. The van der Waals surface area contributed by atoms with Crippen LogP contribution < -0.4 is 0 Å². The molecule has 19 heavy (non-hydrogen) atoms. The predicted molar refractivity (Wildman–Crippen MR) is 74.3 cm³/mol. The lowest BCUT2D eigenvalue weighted by Crippen LogP contribution is -2.40. The maximum absolute atomic E-state index is 12.5. The van der Waals surface area contributed by atoms with Gasteiger partial charge in [-0.15, -0.1) is 11.3 Å². The summed E-state index contributed by atoms with van der Waals surface area (Å²) < 4.78 is 0. The average Bonchev–Trinajstić information content (AvgIpc) is 3.07. The van der Waals surface area contributed by atoms with E-state index >= 15 is 0 Å². The maximum Gasteiger partial charge on any atom is 0.308 e. The molecule has 0 bridgehead atoms. The molecule has 1 saturated carbocycles. The minimum absolute atomic E-state index is 0.0538. The van der Waals surface area contributed by atoms with Gasteiger partial charge < -0.3 is 10.0 Å². The van der Waals surface area contributed by atoms with E-state index in [1.54, 1.807) is 23.2 Å². The SMILES string of the molecule is C[C@H](CN(C(=O)[C@H](C)c1cccs1)C1CC1)C(=O)O. The van der Waals surface area contributed by atoms with Crippen molar-refractivity contribution in [2.24, 2.45) is 5.92 Å². The summed E-state index contributed by atoms with van der Waals surface area (Å²) in [5, 5.41) is 11.0. The smallest absolute Gasteiger partial charge is 0.308 e. The fourth-order valence-electron chi connectivity index (χ4n) is 2.09. The van der Waals surface area contributed by atoms with Gasteiger partial charge in [-0.2, -0.15) is 0 Å². The highest BCUT2D eigenvalue weighted by atomic mass is 32.1. The van der Waals surface area contributed by atoms with Gasteiger partial charge in [0.15, 0.2) is 0 Å². The third-order valence-electron chi connectivity index (χ3n) is 3.50. The molecule has 1 fully saturated rings. The highest BCUT2D eigenvalue weighted by molar-refractivity contribution is 7.10. The standard InChI is InChI=1S/C14H19NO3S/c1-9(14(17)18)8-15(11-5-6-11)13(16)10(2)12-4-3-7-19-12/h3-4,7,9-11H,5-6,8H2,1-2H3,(H,17,18)/t9-,10-/m1/s1. The molecule has 1 aromatic heterocycles. The van der Waals surface area contributed by atoms with Gasteiger partial charge in [0.25, 0.3) is 0 Å². The van der Waals surface area contributed by atoms with Gasteiger partial charge in [0.1, 0.15) is 0 Å². The van der Waals surface area contributed by atoms with Gasteiger partial charge in [-0.25, -0.2) is 0 Å².